The lowest BCUT2D eigenvalue weighted by Gasteiger charge is -2.05. The Kier molecular flexibility index (Phi) is 8.05. The molecule has 0 unspecified atom stereocenters. The maximum absolute atomic E-state index is 14.7. The topological polar surface area (TPSA) is 9.23 Å². The Labute approximate surface area is 213 Å². The number of fused-ring (bicyclic) bond motifs is 1. The summed E-state index contributed by atoms with van der Waals surface area (Å²) >= 11 is 0. The fourth-order valence-electron chi connectivity index (χ4n) is 3.77. The second-order valence-electron chi connectivity index (χ2n) is 8.23. The zero-order chi connectivity index (χ0) is 27.4. The number of benzene rings is 4. The van der Waals surface area contributed by atoms with E-state index in [0.717, 1.165) is 30.3 Å². The molecule has 0 saturated carbocycles. The zero-order valence-electron chi connectivity index (χ0n) is 19.8. The highest BCUT2D eigenvalue weighted by Gasteiger charge is 2.15. The van der Waals surface area contributed by atoms with Crippen molar-refractivity contribution in [3.05, 3.63) is 117 Å². The van der Waals surface area contributed by atoms with Crippen LogP contribution in [-0.2, 0) is 11.2 Å². The summed E-state index contributed by atoms with van der Waals surface area (Å²) < 4.78 is 104. The third-order valence-corrected chi connectivity index (χ3v) is 5.63. The summed E-state index contributed by atoms with van der Waals surface area (Å²) in [6.45, 7) is 0.432. The fraction of sp³-hybridized carbons (Fsp3) is 0.133. The molecule has 4 rings (SSSR count). The monoisotopic (exact) mass is 526 g/mol. The largest absolute Gasteiger partial charge is 0.385 e. The van der Waals surface area contributed by atoms with E-state index in [1.807, 2.05) is 0 Å². The van der Waals surface area contributed by atoms with Gasteiger partial charge in [0.25, 0.3) is 0 Å². The van der Waals surface area contributed by atoms with Crippen molar-refractivity contribution in [3.63, 3.8) is 0 Å². The van der Waals surface area contributed by atoms with E-state index in [1.165, 1.54) is 25.3 Å². The number of hydrogen-bond donors (Lipinski definition) is 0. The standard InChI is InChI=1S/C30H17F7O/c1-38-11-3-4-17-12-24(31)21(25(32)13-17)9-7-18-14-26(33)22(27(34)15-18)10-8-19-5-2-6-20-23(19)16-28(35)30(37)29(20)36/h2,5-6,12-16H,3-4,11H2,1H3. The third-order valence-electron chi connectivity index (χ3n) is 5.63. The van der Waals surface area contributed by atoms with Gasteiger partial charge in [0.15, 0.2) is 17.5 Å². The van der Waals surface area contributed by atoms with E-state index in [-0.39, 0.29) is 21.9 Å². The van der Waals surface area contributed by atoms with Gasteiger partial charge in [0.1, 0.15) is 23.3 Å². The number of ether oxygens (including phenoxy) is 1. The third kappa shape index (κ3) is 5.66. The highest BCUT2D eigenvalue weighted by Crippen LogP contribution is 2.26. The van der Waals surface area contributed by atoms with E-state index >= 15 is 0 Å². The first-order chi connectivity index (χ1) is 18.2. The molecule has 192 valence electrons. The normalized spacial score (nSPS) is 10.6. The van der Waals surface area contributed by atoms with Gasteiger partial charge in [-0.2, -0.15) is 0 Å². The molecule has 0 N–H and O–H groups in total. The summed E-state index contributed by atoms with van der Waals surface area (Å²) in [6, 6.07) is 8.61. The Bertz CT molecular complexity index is 1620. The second-order valence-corrected chi connectivity index (χ2v) is 8.23. The maximum atomic E-state index is 14.7. The molecule has 0 aliphatic carbocycles. The molecule has 0 saturated heterocycles. The lowest BCUT2D eigenvalue weighted by molar-refractivity contribution is 0.195. The van der Waals surface area contributed by atoms with Crippen LogP contribution in [0.5, 0.6) is 0 Å². The van der Waals surface area contributed by atoms with Gasteiger partial charge >= 0.3 is 0 Å². The molecular weight excluding hydrogens is 509 g/mol. The zero-order valence-corrected chi connectivity index (χ0v) is 19.8. The summed E-state index contributed by atoms with van der Waals surface area (Å²) in [6.07, 6.45) is 0.967. The van der Waals surface area contributed by atoms with E-state index in [2.05, 4.69) is 23.7 Å². The summed E-state index contributed by atoms with van der Waals surface area (Å²) in [7, 11) is 1.52. The van der Waals surface area contributed by atoms with Crippen molar-refractivity contribution in [3.8, 4) is 23.7 Å². The van der Waals surface area contributed by atoms with Crippen molar-refractivity contribution in [1.82, 2.24) is 0 Å². The van der Waals surface area contributed by atoms with Crippen LogP contribution in [0.15, 0.2) is 48.5 Å². The van der Waals surface area contributed by atoms with Crippen LogP contribution in [0.25, 0.3) is 10.8 Å². The number of aryl methyl sites for hydroxylation is 1. The summed E-state index contributed by atoms with van der Waals surface area (Å²) in [5, 5.41) is -0.321. The molecule has 4 aromatic carbocycles. The Morgan fingerprint density at radius 1 is 0.632 bits per heavy atom. The van der Waals surface area contributed by atoms with Gasteiger partial charge in [-0.15, -0.1) is 0 Å². The Morgan fingerprint density at radius 2 is 1.24 bits per heavy atom. The predicted molar refractivity (Wildman–Crippen MR) is 129 cm³/mol. The van der Waals surface area contributed by atoms with Gasteiger partial charge in [-0.1, -0.05) is 35.8 Å². The van der Waals surface area contributed by atoms with E-state index in [4.69, 9.17) is 4.74 Å². The highest BCUT2D eigenvalue weighted by molar-refractivity contribution is 5.89. The van der Waals surface area contributed by atoms with E-state index in [1.54, 1.807) is 0 Å². The molecule has 0 bridgehead atoms. The van der Waals surface area contributed by atoms with Gasteiger partial charge in [-0.25, -0.2) is 30.7 Å². The van der Waals surface area contributed by atoms with Crippen LogP contribution in [0.1, 0.15) is 34.2 Å². The first kappa shape index (κ1) is 26.8. The molecule has 8 heteroatoms. The van der Waals surface area contributed by atoms with Gasteiger partial charge in [-0.05, 0) is 54.8 Å². The van der Waals surface area contributed by atoms with Crippen molar-refractivity contribution in [2.24, 2.45) is 0 Å². The first-order valence-corrected chi connectivity index (χ1v) is 11.3. The first-order valence-electron chi connectivity index (χ1n) is 11.3. The van der Waals surface area contributed by atoms with Crippen LogP contribution in [0.3, 0.4) is 0 Å². The predicted octanol–water partition coefficient (Wildman–Crippen LogP) is 7.19. The van der Waals surface area contributed by atoms with Crippen LogP contribution >= 0.6 is 0 Å². The van der Waals surface area contributed by atoms with E-state index < -0.39 is 51.8 Å². The Hall–Kier alpha value is -4.27. The smallest absolute Gasteiger partial charge is 0.195 e. The molecule has 4 aromatic rings. The molecule has 0 aliphatic rings. The minimum atomic E-state index is -1.64. The van der Waals surface area contributed by atoms with Gasteiger partial charge in [-0.3, -0.25) is 0 Å². The molecule has 0 aliphatic heterocycles. The number of methoxy groups -OCH3 is 1. The summed E-state index contributed by atoms with van der Waals surface area (Å²) in [5.74, 6) is 0.809. The SMILES string of the molecule is COCCCc1cc(F)c(C#Cc2cc(F)c(C#Cc3cccc4c(F)c(F)c(F)cc34)c(F)c2)c(F)c1. The highest BCUT2D eigenvalue weighted by atomic mass is 19.2. The quantitative estimate of drug-likeness (QED) is 0.118. The lowest BCUT2D eigenvalue weighted by atomic mass is 10.0. The van der Waals surface area contributed by atoms with Crippen molar-refractivity contribution >= 4 is 10.8 Å². The molecular formula is C30H17F7O. The van der Waals surface area contributed by atoms with Crippen LogP contribution < -0.4 is 0 Å². The molecule has 1 nitrogen and oxygen atoms in total. The molecule has 38 heavy (non-hydrogen) atoms. The minimum Gasteiger partial charge on any atom is -0.385 e. The number of hydrogen-bond acceptors (Lipinski definition) is 1. The van der Waals surface area contributed by atoms with Crippen molar-refractivity contribution in [2.45, 2.75) is 12.8 Å². The summed E-state index contributed by atoms with van der Waals surface area (Å²) in [5.41, 5.74) is -0.965. The van der Waals surface area contributed by atoms with Gasteiger partial charge < -0.3 is 4.74 Å². The minimum absolute atomic E-state index is 0.0135. The van der Waals surface area contributed by atoms with E-state index in [0.29, 0.717) is 25.0 Å². The van der Waals surface area contributed by atoms with Crippen LogP contribution in [0, 0.1) is 64.4 Å². The Balaban J connectivity index is 1.64. The number of halogens is 7. The van der Waals surface area contributed by atoms with Crippen molar-refractivity contribution in [1.29, 1.82) is 0 Å². The van der Waals surface area contributed by atoms with Gasteiger partial charge in [0, 0.05) is 35.6 Å². The van der Waals surface area contributed by atoms with Crippen LogP contribution in [-0.4, -0.2) is 13.7 Å². The van der Waals surface area contributed by atoms with Gasteiger partial charge in [0.2, 0.25) is 0 Å². The second kappa shape index (κ2) is 11.4. The van der Waals surface area contributed by atoms with Crippen molar-refractivity contribution in [2.75, 3.05) is 13.7 Å². The molecule has 0 radical (unpaired) electrons. The maximum Gasteiger partial charge on any atom is 0.195 e. The molecule has 0 heterocycles. The summed E-state index contributed by atoms with van der Waals surface area (Å²) in [4.78, 5) is 0. The lowest BCUT2D eigenvalue weighted by Crippen LogP contribution is -1.98. The fourth-order valence-corrected chi connectivity index (χ4v) is 3.77. The van der Waals surface area contributed by atoms with Gasteiger partial charge in [0.05, 0.1) is 11.1 Å². The average Bonchev–Trinajstić information content (AvgIpc) is 2.87. The van der Waals surface area contributed by atoms with Crippen LogP contribution in [0.4, 0.5) is 30.7 Å². The van der Waals surface area contributed by atoms with Crippen molar-refractivity contribution < 1.29 is 35.5 Å². The molecule has 0 aromatic heterocycles. The van der Waals surface area contributed by atoms with Crippen LogP contribution in [0.2, 0.25) is 0 Å². The number of rotatable bonds is 4. The molecule has 0 spiro atoms. The molecule has 0 fully saturated rings. The molecule has 0 atom stereocenters. The molecule has 0 amide bonds. The average molecular weight is 526 g/mol. The van der Waals surface area contributed by atoms with E-state index in [9.17, 15) is 30.7 Å². The Morgan fingerprint density at radius 3 is 1.87 bits per heavy atom.